The first-order valence-corrected chi connectivity index (χ1v) is 14.3. The first kappa shape index (κ1) is 28.0. The van der Waals surface area contributed by atoms with Crippen molar-refractivity contribution in [2.45, 2.75) is 77.0 Å². The SMILES string of the molecule is CN(C[C@@H]1CCCN(S(C)(=O)=O)C1)C(C)(C)C(=O)Nc1cc(C(C)(C)COC2CCCCO2)no1. The van der Waals surface area contributed by atoms with Gasteiger partial charge in [-0.25, -0.2) is 12.7 Å². The van der Waals surface area contributed by atoms with Crippen molar-refractivity contribution in [3.63, 3.8) is 0 Å². The molecule has 1 aromatic heterocycles. The Labute approximate surface area is 209 Å². The molecule has 1 N–H and O–H groups in total. The standard InChI is InChI=1S/C24H42N4O6S/c1-23(2,17-33-21-11-7-8-13-32-21)19-14-20(34-26-19)25-22(29)24(3,4)27(5)15-18-10-9-12-28(16-18)35(6,30)31/h14,18,21H,7-13,15-17H2,1-6H3,(H,25,29)/t18-,21?/m0/s1. The Balaban J connectivity index is 1.55. The van der Waals surface area contributed by atoms with Crippen molar-refractivity contribution in [1.29, 1.82) is 0 Å². The molecule has 0 spiro atoms. The molecular formula is C24H42N4O6S. The molecule has 0 aliphatic carbocycles. The molecule has 1 aromatic rings. The molecule has 2 saturated heterocycles. The molecular weight excluding hydrogens is 472 g/mol. The quantitative estimate of drug-likeness (QED) is 0.507. The van der Waals surface area contributed by atoms with E-state index in [4.69, 9.17) is 14.0 Å². The van der Waals surface area contributed by atoms with Crippen molar-refractivity contribution in [1.82, 2.24) is 14.4 Å². The highest BCUT2D eigenvalue weighted by Gasteiger charge is 2.36. The van der Waals surface area contributed by atoms with Crippen LogP contribution in [0.4, 0.5) is 5.88 Å². The lowest BCUT2D eigenvalue weighted by Gasteiger charge is -2.39. The minimum Gasteiger partial charge on any atom is -0.353 e. The summed E-state index contributed by atoms with van der Waals surface area (Å²) in [5.41, 5.74) is -0.554. The summed E-state index contributed by atoms with van der Waals surface area (Å²) < 4.78 is 42.4. The number of ether oxygens (including phenoxy) is 2. The summed E-state index contributed by atoms with van der Waals surface area (Å²) in [7, 11) is -1.32. The molecule has 2 atom stereocenters. The second-order valence-electron chi connectivity index (χ2n) is 11.1. The number of carbonyl (C=O) groups excluding carboxylic acids is 1. The average Bonchev–Trinajstić information content (AvgIpc) is 3.27. The van der Waals surface area contributed by atoms with Gasteiger partial charge in [0.25, 0.3) is 0 Å². The van der Waals surface area contributed by atoms with Gasteiger partial charge in [-0.1, -0.05) is 19.0 Å². The largest absolute Gasteiger partial charge is 0.353 e. The van der Waals surface area contributed by atoms with E-state index in [2.05, 4.69) is 10.5 Å². The summed E-state index contributed by atoms with van der Waals surface area (Å²) in [6.45, 7) is 10.5. The Kier molecular flexibility index (Phi) is 9.01. The van der Waals surface area contributed by atoms with Gasteiger partial charge in [-0.2, -0.15) is 0 Å². The van der Waals surface area contributed by atoms with E-state index < -0.39 is 21.0 Å². The number of anilines is 1. The fourth-order valence-corrected chi connectivity index (χ4v) is 5.34. The topological polar surface area (TPSA) is 114 Å². The fourth-order valence-electron chi connectivity index (χ4n) is 4.40. The number of piperidine rings is 1. The number of amides is 1. The Bertz CT molecular complexity index is 955. The number of sulfonamides is 1. The van der Waals surface area contributed by atoms with Gasteiger partial charge in [-0.3, -0.25) is 15.0 Å². The van der Waals surface area contributed by atoms with E-state index in [0.717, 1.165) is 38.7 Å². The van der Waals surface area contributed by atoms with Gasteiger partial charge >= 0.3 is 0 Å². The molecule has 10 nitrogen and oxygen atoms in total. The van der Waals surface area contributed by atoms with E-state index in [1.807, 2.05) is 39.6 Å². The van der Waals surface area contributed by atoms with Gasteiger partial charge in [0.15, 0.2) is 6.29 Å². The van der Waals surface area contributed by atoms with Gasteiger partial charge in [-0.05, 0) is 58.9 Å². The first-order valence-electron chi connectivity index (χ1n) is 12.5. The zero-order valence-corrected chi connectivity index (χ0v) is 22.8. The summed E-state index contributed by atoms with van der Waals surface area (Å²) in [6.07, 6.45) is 5.89. The van der Waals surface area contributed by atoms with Crippen LogP contribution in [0, 0.1) is 5.92 Å². The molecule has 2 fully saturated rings. The molecule has 0 bridgehead atoms. The van der Waals surface area contributed by atoms with E-state index in [0.29, 0.717) is 31.9 Å². The van der Waals surface area contributed by atoms with Crippen LogP contribution in [0.25, 0.3) is 0 Å². The van der Waals surface area contributed by atoms with Crippen LogP contribution in [0.3, 0.4) is 0 Å². The van der Waals surface area contributed by atoms with Crippen LogP contribution < -0.4 is 5.32 Å². The molecule has 3 heterocycles. The smallest absolute Gasteiger partial charge is 0.246 e. The van der Waals surface area contributed by atoms with E-state index in [1.54, 1.807) is 6.07 Å². The zero-order valence-electron chi connectivity index (χ0n) is 22.0. The Morgan fingerprint density at radius 1 is 1.26 bits per heavy atom. The predicted octanol–water partition coefficient (Wildman–Crippen LogP) is 2.82. The predicted molar refractivity (Wildman–Crippen MR) is 134 cm³/mol. The average molecular weight is 515 g/mol. The molecule has 0 aromatic carbocycles. The molecule has 35 heavy (non-hydrogen) atoms. The van der Waals surface area contributed by atoms with Crippen molar-refractivity contribution < 1.29 is 27.2 Å². The molecule has 3 rings (SSSR count). The second-order valence-corrected chi connectivity index (χ2v) is 13.1. The number of nitrogens with one attached hydrogen (secondary N) is 1. The Morgan fingerprint density at radius 3 is 2.66 bits per heavy atom. The van der Waals surface area contributed by atoms with Crippen molar-refractivity contribution >= 4 is 21.8 Å². The molecule has 200 valence electrons. The number of likely N-dealkylation sites (N-methyl/N-ethyl adjacent to an activating group) is 1. The van der Waals surface area contributed by atoms with Crippen LogP contribution in [0.15, 0.2) is 10.6 Å². The van der Waals surface area contributed by atoms with E-state index in [-0.39, 0.29) is 24.0 Å². The van der Waals surface area contributed by atoms with Crippen molar-refractivity contribution in [2.24, 2.45) is 5.92 Å². The number of hydrogen-bond acceptors (Lipinski definition) is 8. The highest BCUT2D eigenvalue weighted by molar-refractivity contribution is 7.88. The van der Waals surface area contributed by atoms with Crippen molar-refractivity contribution in [2.75, 3.05) is 51.5 Å². The summed E-state index contributed by atoms with van der Waals surface area (Å²) in [4.78, 5) is 15.1. The Morgan fingerprint density at radius 2 is 2.00 bits per heavy atom. The van der Waals surface area contributed by atoms with Gasteiger partial charge < -0.3 is 14.0 Å². The van der Waals surface area contributed by atoms with Gasteiger partial charge in [0.05, 0.1) is 24.1 Å². The molecule has 2 aliphatic rings. The molecule has 0 radical (unpaired) electrons. The maximum atomic E-state index is 13.1. The maximum absolute atomic E-state index is 13.1. The number of aromatic nitrogens is 1. The van der Waals surface area contributed by atoms with Crippen LogP contribution in [-0.4, -0.2) is 86.7 Å². The number of rotatable bonds is 10. The van der Waals surface area contributed by atoms with Gasteiger partial charge in [0, 0.05) is 37.7 Å². The maximum Gasteiger partial charge on any atom is 0.246 e. The highest BCUT2D eigenvalue weighted by Crippen LogP contribution is 2.28. The number of hydrogen-bond donors (Lipinski definition) is 1. The van der Waals surface area contributed by atoms with Crippen LogP contribution in [0.1, 0.15) is 65.5 Å². The number of nitrogens with zero attached hydrogens (tertiary/aromatic N) is 3. The van der Waals surface area contributed by atoms with E-state index >= 15 is 0 Å². The monoisotopic (exact) mass is 514 g/mol. The van der Waals surface area contributed by atoms with Gasteiger partial charge in [0.1, 0.15) is 0 Å². The lowest BCUT2D eigenvalue weighted by Crippen LogP contribution is -2.53. The number of carbonyl (C=O) groups is 1. The minimum atomic E-state index is -3.21. The lowest BCUT2D eigenvalue weighted by atomic mass is 9.90. The third kappa shape index (κ3) is 7.48. The molecule has 1 unspecified atom stereocenters. The van der Waals surface area contributed by atoms with Gasteiger partial charge in [0.2, 0.25) is 21.8 Å². The normalized spacial score (nSPS) is 22.9. The summed E-state index contributed by atoms with van der Waals surface area (Å²) >= 11 is 0. The van der Waals surface area contributed by atoms with Gasteiger partial charge in [-0.15, -0.1) is 0 Å². The van der Waals surface area contributed by atoms with Crippen LogP contribution in [-0.2, 0) is 29.7 Å². The van der Waals surface area contributed by atoms with E-state index in [1.165, 1.54) is 10.6 Å². The molecule has 2 aliphatic heterocycles. The Hall–Kier alpha value is -1.53. The van der Waals surface area contributed by atoms with E-state index in [9.17, 15) is 13.2 Å². The summed E-state index contributed by atoms with van der Waals surface area (Å²) in [5.74, 6) is 0.235. The van der Waals surface area contributed by atoms with Crippen LogP contribution in [0.5, 0.6) is 0 Å². The fraction of sp³-hybridized carbons (Fsp3) is 0.833. The van der Waals surface area contributed by atoms with Crippen LogP contribution >= 0.6 is 0 Å². The van der Waals surface area contributed by atoms with Crippen molar-refractivity contribution in [3.8, 4) is 0 Å². The molecule has 0 saturated carbocycles. The summed E-state index contributed by atoms with van der Waals surface area (Å²) in [6, 6.07) is 1.74. The highest BCUT2D eigenvalue weighted by atomic mass is 32.2. The first-order chi connectivity index (χ1) is 16.3. The third-order valence-electron chi connectivity index (χ3n) is 7.20. The summed E-state index contributed by atoms with van der Waals surface area (Å²) in [5, 5.41) is 7.02. The molecule has 11 heteroatoms. The molecule has 1 amide bonds. The lowest BCUT2D eigenvalue weighted by molar-refractivity contribution is -0.170. The van der Waals surface area contributed by atoms with Crippen LogP contribution in [0.2, 0.25) is 0 Å². The van der Waals surface area contributed by atoms with Crippen molar-refractivity contribution in [3.05, 3.63) is 11.8 Å². The third-order valence-corrected chi connectivity index (χ3v) is 8.47. The minimum absolute atomic E-state index is 0.168. The second kappa shape index (κ2) is 11.2. The zero-order chi connectivity index (χ0) is 25.9.